The number of aromatic nitrogens is 3. The summed E-state index contributed by atoms with van der Waals surface area (Å²) < 4.78 is 5.24. The van der Waals surface area contributed by atoms with Crippen LogP contribution in [0.2, 0.25) is 0 Å². The Hall–Kier alpha value is -2.04. The van der Waals surface area contributed by atoms with Gasteiger partial charge in [-0.3, -0.25) is 0 Å². The van der Waals surface area contributed by atoms with Crippen LogP contribution in [0.1, 0.15) is 29.4 Å². The highest BCUT2D eigenvalue weighted by Gasteiger charge is 2.14. The lowest BCUT2D eigenvalue weighted by atomic mass is 10.3. The van der Waals surface area contributed by atoms with E-state index < -0.39 is 0 Å². The Labute approximate surface area is 121 Å². The average Bonchev–Trinajstić information content (AvgIpc) is 2.94. The van der Waals surface area contributed by atoms with Crippen molar-refractivity contribution in [3.8, 4) is 6.07 Å². The third-order valence-electron chi connectivity index (χ3n) is 2.82. The molecule has 6 nitrogen and oxygen atoms in total. The lowest BCUT2D eigenvalue weighted by molar-refractivity contribution is 0.119. The Morgan fingerprint density at radius 2 is 2.20 bits per heavy atom. The van der Waals surface area contributed by atoms with Crippen molar-refractivity contribution >= 4 is 17.2 Å². The lowest BCUT2D eigenvalue weighted by Crippen LogP contribution is -2.19. The normalized spacial score (nSPS) is 11.9. The van der Waals surface area contributed by atoms with E-state index in [1.54, 1.807) is 24.6 Å². The molecule has 0 saturated heterocycles. The van der Waals surface area contributed by atoms with Crippen molar-refractivity contribution in [2.45, 2.75) is 19.6 Å². The molecule has 0 bridgehead atoms. The fourth-order valence-electron chi connectivity index (χ4n) is 1.69. The molecule has 0 aromatic carbocycles. The van der Waals surface area contributed by atoms with E-state index in [0.717, 1.165) is 10.7 Å². The quantitative estimate of drug-likeness (QED) is 0.839. The highest BCUT2D eigenvalue weighted by Crippen LogP contribution is 2.22. The predicted octanol–water partition coefficient (Wildman–Crippen LogP) is 2.15. The van der Waals surface area contributed by atoms with Gasteiger partial charge in [0.2, 0.25) is 0 Å². The molecule has 0 fully saturated rings. The highest BCUT2D eigenvalue weighted by molar-refractivity contribution is 7.09. The van der Waals surface area contributed by atoms with Crippen molar-refractivity contribution in [2.75, 3.05) is 19.1 Å². The molecule has 20 heavy (non-hydrogen) atoms. The predicted molar refractivity (Wildman–Crippen MR) is 76.4 cm³/mol. The van der Waals surface area contributed by atoms with E-state index in [1.165, 1.54) is 6.20 Å². The molecule has 0 aliphatic rings. The molecular formula is C13H15N5OS. The third-order valence-corrected chi connectivity index (χ3v) is 3.87. The lowest BCUT2D eigenvalue weighted by Gasteiger charge is -2.17. The summed E-state index contributed by atoms with van der Waals surface area (Å²) in [6, 6.07) is 2.04. The number of hydrogen-bond acceptors (Lipinski definition) is 7. The zero-order chi connectivity index (χ0) is 14.5. The van der Waals surface area contributed by atoms with Crippen molar-refractivity contribution in [2.24, 2.45) is 0 Å². The highest BCUT2D eigenvalue weighted by atomic mass is 32.1. The molecule has 0 N–H and O–H groups in total. The van der Waals surface area contributed by atoms with Crippen LogP contribution in [0, 0.1) is 11.3 Å². The molecule has 1 atom stereocenters. The first-order chi connectivity index (χ1) is 9.65. The molecule has 0 radical (unpaired) electrons. The number of hydrogen-bond donors (Lipinski definition) is 0. The summed E-state index contributed by atoms with van der Waals surface area (Å²) in [5, 5.41) is 12.0. The Bertz CT molecular complexity index is 621. The van der Waals surface area contributed by atoms with Gasteiger partial charge in [0.25, 0.3) is 0 Å². The first-order valence-corrected chi connectivity index (χ1v) is 6.93. The van der Waals surface area contributed by atoms with Gasteiger partial charge in [-0.1, -0.05) is 0 Å². The second-order valence-electron chi connectivity index (χ2n) is 4.25. The van der Waals surface area contributed by atoms with Crippen LogP contribution in [0.5, 0.6) is 0 Å². The molecular weight excluding hydrogens is 274 g/mol. The smallest absolute Gasteiger partial charge is 0.183 e. The second kappa shape index (κ2) is 6.41. The standard InChI is InChI=1S/C13H15N5OS/c1-9(19-3)13-17-10(8-20-13)7-18(2)12-11(6-14)15-4-5-16-12/h4-5,8-9H,7H2,1-3H3. The van der Waals surface area contributed by atoms with Gasteiger partial charge < -0.3 is 9.64 Å². The van der Waals surface area contributed by atoms with Crippen LogP contribution in [0.25, 0.3) is 0 Å². The van der Waals surface area contributed by atoms with Crippen LogP contribution in [0.15, 0.2) is 17.8 Å². The number of thiazole rings is 1. The molecule has 0 saturated carbocycles. The summed E-state index contributed by atoms with van der Waals surface area (Å²) in [7, 11) is 3.53. The van der Waals surface area contributed by atoms with Gasteiger partial charge >= 0.3 is 0 Å². The molecule has 7 heteroatoms. The first kappa shape index (κ1) is 14.4. The molecule has 2 rings (SSSR count). The minimum Gasteiger partial charge on any atom is -0.375 e. The van der Waals surface area contributed by atoms with Gasteiger partial charge in [-0.15, -0.1) is 11.3 Å². The summed E-state index contributed by atoms with van der Waals surface area (Å²) in [4.78, 5) is 14.6. The fourth-order valence-corrected chi connectivity index (χ4v) is 2.53. The minimum absolute atomic E-state index is 0.00903. The largest absolute Gasteiger partial charge is 0.375 e. The van der Waals surface area contributed by atoms with Gasteiger partial charge in [0.15, 0.2) is 11.5 Å². The van der Waals surface area contributed by atoms with Gasteiger partial charge in [0.05, 0.1) is 12.2 Å². The number of ether oxygens (including phenoxy) is 1. The van der Waals surface area contributed by atoms with E-state index in [9.17, 15) is 0 Å². The summed E-state index contributed by atoms with van der Waals surface area (Å²) in [5.41, 5.74) is 1.24. The summed E-state index contributed by atoms with van der Waals surface area (Å²) in [6.07, 6.45) is 3.08. The van der Waals surface area contributed by atoms with Crippen molar-refractivity contribution in [1.82, 2.24) is 15.0 Å². The molecule has 0 aliphatic carbocycles. The molecule has 2 aromatic rings. The van der Waals surface area contributed by atoms with Gasteiger partial charge in [-0.05, 0) is 6.92 Å². The van der Waals surface area contributed by atoms with Gasteiger partial charge in [-0.2, -0.15) is 5.26 Å². The van der Waals surface area contributed by atoms with Crippen molar-refractivity contribution in [3.63, 3.8) is 0 Å². The first-order valence-electron chi connectivity index (χ1n) is 6.05. The Kier molecular flexibility index (Phi) is 4.61. The van der Waals surface area contributed by atoms with Gasteiger partial charge in [0, 0.05) is 31.9 Å². The molecule has 2 aromatic heterocycles. The number of anilines is 1. The van der Waals surface area contributed by atoms with E-state index in [2.05, 4.69) is 15.0 Å². The van der Waals surface area contributed by atoms with Crippen LogP contribution in [-0.4, -0.2) is 29.1 Å². The topological polar surface area (TPSA) is 74.9 Å². The number of rotatable bonds is 5. The zero-order valence-corrected chi connectivity index (χ0v) is 12.4. The van der Waals surface area contributed by atoms with Crippen LogP contribution in [0.3, 0.4) is 0 Å². The SMILES string of the molecule is COC(C)c1nc(CN(C)c2nccnc2C#N)cs1. The van der Waals surface area contributed by atoms with Crippen molar-refractivity contribution in [3.05, 3.63) is 34.2 Å². The molecule has 1 unspecified atom stereocenters. The van der Waals surface area contributed by atoms with E-state index >= 15 is 0 Å². The molecule has 0 amide bonds. The van der Waals surface area contributed by atoms with Crippen LogP contribution < -0.4 is 4.90 Å². The molecule has 104 valence electrons. The molecule has 0 aliphatic heterocycles. The molecule has 0 spiro atoms. The van der Waals surface area contributed by atoms with Crippen molar-refractivity contribution in [1.29, 1.82) is 5.26 Å². The summed E-state index contributed by atoms with van der Waals surface area (Å²) in [5.74, 6) is 0.560. The molecule has 2 heterocycles. The van der Waals surface area contributed by atoms with Crippen LogP contribution in [-0.2, 0) is 11.3 Å². The zero-order valence-electron chi connectivity index (χ0n) is 11.6. The average molecular weight is 289 g/mol. The maximum Gasteiger partial charge on any atom is 0.183 e. The minimum atomic E-state index is -0.00903. The fraction of sp³-hybridized carbons (Fsp3) is 0.385. The number of nitriles is 1. The number of methoxy groups -OCH3 is 1. The number of nitrogens with zero attached hydrogens (tertiary/aromatic N) is 5. The third kappa shape index (κ3) is 3.10. The Morgan fingerprint density at radius 1 is 1.45 bits per heavy atom. The van der Waals surface area contributed by atoms with Crippen LogP contribution >= 0.6 is 11.3 Å². The van der Waals surface area contributed by atoms with Gasteiger partial charge in [0.1, 0.15) is 17.2 Å². The van der Waals surface area contributed by atoms with E-state index in [4.69, 9.17) is 10.00 Å². The summed E-state index contributed by atoms with van der Waals surface area (Å²) >= 11 is 1.57. The monoisotopic (exact) mass is 289 g/mol. The Balaban J connectivity index is 2.14. The van der Waals surface area contributed by atoms with Crippen LogP contribution in [0.4, 0.5) is 5.82 Å². The van der Waals surface area contributed by atoms with E-state index in [0.29, 0.717) is 18.1 Å². The summed E-state index contributed by atoms with van der Waals surface area (Å²) in [6.45, 7) is 2.53. The van der Waals surface area contributed by atoms with Crippen molar-refractivity contribution < 1.29 is 4.74 Å². The maximum atomic E-state index is 9.03. The Morgan fingerprint density at radius 3 is 2.90 bits per heavy atom. The van der Waals surface area contributed by atoms with E-state index in [1.807, 2.05) is 30.3 Å². The maximum absolute atomic E-state index is 9.03. The second-order valence-corrected chi connectivity index (χ2v) is 5.14. The van der Waals surface area contributed by atoms with E-state index in [-0.39, 0.29) is 6.10 Å². The van der Waals surface area contributed by atoms with Gasteiger partial charge in [-0.25, -0.2) is 15.0 Å².